The Balaban J connectivity index is 2.01. The Morgan fingerprint density at radius 3 is 2.50 bits per heavy atom. The number of nitrogens with zero attached hydrogens (tertiary/aromatic N) is 3. The summed E-state index contributed by atoms with van der Waals surface area (Å²) in [4.78, 5) is 1.15. The van der Waals surface area contributed by atoms with Crippen LogP contribution in [-0.4, -0.2) is 14.4 Å². The van der Waals surface area contributed by atoms with Gasteiger partial charge in [0.2, 0.25) is 0 Å². The van der Waals surface area contributed by atoms with Gasteiger partial charge in [-0.15, -0.1) is 5.10 Å². The number of fused-ring (bicyclic) bond motifs is 1. The van der Waals surface area contributed by atoms with Crippen molar-refractivity contribution in [3.63, 3.8) is 0 Å². The molecule has 0 saturated heterocycles. The Bertz CT molecular complexity index is 604. The van der Waals surface area contributed by atoms with Gasteiger partial charge in [-0.1, -0.05) is 35.5 Å². The molecule has 0 bridgehead atoms. The molecule has 3 rings (SSSR count). The van der Waals surface area contributed by atoms with E-state index in [4.69, 9.17) is 0 Å². The minimum atomic E-state index is 0.922. The van der Waals surface area contributed by atoms with Gasteiger partial charge in [0.05, 0.1) is 0 Å². The molecule has 0 radical (unpaired) electrons. The van der Waals surface area contributed by atoms with Crippen molar-refractivity contribution in [2.45, 2.75) is 4.90 Å². The molecule has 2 aromatic carbocycles. The minimum Gasteiger partial charge on any atom is -0.181 e. The van der Waals surface area contributed by atoms with Crippen molar-refractivity contribution in [2.24, 2.45) is 0 Å². The number of rotatable bonds is 2. The fourth-order valence-corrected chi connectivity index (χ4v) is 2.30. The molecule has 4 heteroatoms. The van der Waals surface area contributed by atoms with E-state index < -0.39 is 0 Å². The quantitative estimate of drug-likeness (QED) is 0.674. The number of para-hydroxylation sites is 1. The van der Waals surface area contributed by atoms with Gasteiger partial charge in [-0.25, -0.2) is 0 Å². The number of benzene rings is 2. The van der Waals surface area contributed by atoms with Gasteiger partial charge in [-0.3, -0.25) is 0 Å². The normalized spacial score (nSPS) is 10.8. The van der Waals surface area contributed by atoms with Crippen LogP contribution >= 0.6 is 11.9 Å². The number of aromatic nitrogens is 3. The van der Waals surface area contributed by atoms with Crippen LogP contribution in [0.25, 0.3) is 11.0 Å². The SMILES string of the molecule is c1ccc(Sn2nnc3ccccc32)cc1. The standard InChI is InChI=1S/C12H9N3S/c1-2-6-10(7-3-1)16-15-12-9-5-4-8-11(12)13-14-15/h1-9H. The number of hydrogen-bond donors (Lipinski definition) is 0. The van der Waals surface area contributed by atoms with Crippen LogP contribution in [0.2, 0.25) is 0 Å². The Morgan fingerprint density at radius 1 is 0.875 bits per heavy atom. The summed E-state index contributed by atoms with van der Waals surface area (Å²) in [7, 11) is 0. The van der Waals surface area contributed by atoms with Crippen molar-refractivity contribution in [1.82, 2.24) is 14.4 Å². The Hall–Kier alpha value is -1.81. The molecule has 0 aliphatic heterocycles. The highest BCUT2D eigenvalue weighted by molar-refractivity contribution is 7.97. The topological polar surface area (TPSA) is 30.7 Å². The molecule has 0 amide bonds. The van der Waals surface area contributed by atoms with Crippen LogP contribution < -0.4 is 0 Å². The Kier molecular flexibility index (Phi) is 2.34. The summed E-state index contributed by atoms with van der Waals surface area (Å²) >= 11 is 1.57. The predicted octanol–water partition coefficient (Wildman–Crippen LogP) is 2.99. The average Bonchev–Trinajstić information content (AvgIpc) is 2.74. The molecule has 0 aliphatic carbocycles. The summed E-state index contributed by atoms with van der Waals surface area (Å²) in [6.45, 7) is 0. The second-order valence-corrected chi connectivity index (χ2v) is 4.36. The van der Waals surface area contributed by atoms with Crippen molar-refractivity contribution >= 4 is 23.0 Å². The van der Waals surface area contributed by atoms with E-state index in [1.54, 1.807) is 11.9 Å². The lowest BCUT2D eigenvalue weighted by atomic mass is 10.3. The molecule has 1 aromatic heterocycles. The molecule has 0 atom stereocenters. The second kappa shape index (κ2) is 3.98. The highest BCUT2D eigenvalue weighted by atomic mass is 32.2. The first kappa shape index (κ1) is 9.42. The van der Waals surface area contributed by atoms with E-state index in [1.165, 1.54) is 0 Å². The summed E-state index contributed by atoms with van der Waals surface area (Å²) in [5, 5.41) is 8.23. The zero-order valence-electron chi connectivity index (χ0n) is 8.45. The van der Waals surface area contributed by atoms with E-state index in [0.717, 1.165) is 15.9 Å². The summed E-state index contributed by atoms with van der Waals surface area (Å²) in [5.41, 5.74) is 1.96. The third kappa shape index (κ3) is 1.67. The maximum atomic E-state index is 4.12. The first-order valence-electron chi connectivity index (χ1n) is 4.97. The fraction of sp³-hybridized carbons (Fsp3) is 0. The lowest BCUT2D eigenvalue weighted by molar-refractivity contribution is 0.909. The van der Waals surface area contributed by atoms with Gasteiger partial charge in [0.1, 0.15) is 11.0 Å². The van der Waals surface area contributed by atoms with E-state index in [1.807, 2.05) is 46.6 Å². The largest absolute Gasteiger partial charge is 0.181 e. The van der Waals surface area contributed by atoms with Gasteiger partial charge in [0.25, 0.3) is 0 Å². The van der Waals surface area contributed by atoms with Crippen LogP contribution in [-0.2, 0) is 0 Å². The summed E-state index contributed by atoms with van der Waals surface area (Å²) in [6.07, 6.45) is 0. The van der Waals surface area contributed by atoms with Gasteiger partial charge < -0.3 is 0 Å². The lowest BCUT2D eigenvalue weighted by Gasteiger charge is -2.00. The molecule has 3 nitrogen and oxygen atoms in total. The van der Waals surface area contributed by atoms with Gasteiger partial charge in [-0.05, 0) is 24.3 Å². The van der Waals surface area contributed by atoms with Crippen molar-refractivity contribution in [1.29, 1.82) is 0 Å². The maximum Gasteiger partial charge on any atom is 0.114 e. The monoisotopic (exact) mass is 227 g/mol. The first-order valence-corrected chi connectivity index (χ1v) is 5.75. The Labute approximate surface area is 97.2 Å². The van der Waals surface area contributed by atoms with Crippen LogP contribution in [0.1, 0.15) is 0 Å². The highest BCUT2D eigenvalue weighted by Gasteiger charge is 2.04. The molecule has 0 unspecified atom stereocenters. The van der Waals surface area contributed by atoms with Gasteiger partial charge >= 0.3 is 0 Å². The summed E-state index contributed by atoms with van der Waals surface area (Å²) in [6, 6.07) is 18.1. The van der Waals surface area contributed by atoms with E-state index >= 15 is 0 Å². The summed E-state index contributed by atoms with van der Waals surface area (Å²) in [5.74, 6) is 0. The van der Waals surface area contributed by atoms with Crippen molar-refractivity contribution in [3.8, 4) is 0 Å². The molecule has 0 aliphatic rings. The van der Waals surface area contributed by atoms with Crippen LogP contribution in [0.15, 0.2) is 59.5 Å². The van der Waals surface area contributed by atoms with Crippen LogP contribution in [0.5, 0.6) is 0 Å². The van der Waals surface area contributed by atoms with Gasteiger partial charge in [-0.2, -0.15) is 4.09 Å². The first-order chi connectivity index (χ1) is 7.93. The fourth-order valence-electron chi connectivity index (χ4n) is 1.50. The van der Waals surface area contributed by atoms with Crippen molar-refractivity contribution in [3.05, 3.63) is 54.6 Å². The zero-order chi connectivity index (χ0) is 10.8. The van der Waals surface area contributed by atoms with E-state index in [0.29, 0.717) is 0 Å². The smallest absolute Gasteiger partial charge is 0.114 e. The molecular weight excluding hydrogens is 218 g/mol. The van der Waals surface area contributed by atoms with Crippen LogP contribution in [0.3, 0.4) is 0 Å². The molecule has 1 heterocycles. The maximum absolute atomic E-state index is 4.12. The van der Waals surface area contributed by atoms with Gasteiger partial charge in [0.15, 0.2) is 0 Å². The zero-order valence-corrected chi connectivity index (χ0v) is 9.26. The second-order valence-electron chi connectivity index (χ2n) is 3.36. The van der Waals surface area contributed by atoms with Crippen LogP contribution in [0, 0.1) is 0 Å². The molecule has 16 heavy (non-hydrogen) atoms. The molecule has 0 N–H and O–H groups in total. The highest BCUT2D eigenvalue weighted by Crippen LogP contribution is 2.22. The third-order valence-electron chi connectivity index (χ3n) is 2.26. The van der Waals surface area contributed by atoms with E-state index in [9.17, 15) is 0 Å². The molecule has 0 saturated carbocycles. The van der Waals surface area contributed by atoms with Crippen LogP contribution in [0.4, 0.5) is 0 Å². The van der Waals surface area contributed by atoms with Crippen molar-refractivity contribution < 1.29 is 0 Å². The van der Waals surface area contributed by atoms with E-state index in [2.05, 4.69) is 22.4 Å². The molecule has 0 fully saturated rings. The molecular formula is C12H9N3S. The van der Waals surface area contributed by atoms with Gasteiger partial charge in [0, 0.05) is 16.8 Å². The number of hydrogen-bond acceptors (Lipinski definition) is 3. The van der Waals surface area contributed by atoms with E-state index in [-0.39, 0.29) is 0 Å². The lowest BCUT2D eigenvalue weighted by Crippen LogP contribution is -1.88. The summed E-state index contributed by atoms with van der Waals surface area (Å²) < 4.78 is 1.84. The minimum absolute atomic E-state index is 0.922. The van der Waals surface area contributed by atoms with Crippen molar-refractivity contribution in [2.75, 3.05) is 0 Å². The predicted molar refractivity (Wildman–Crippen MR) is 65.2 cm³/mol. The Morgan fingerprint density at radius 2 is 1.62 bits per heavy atom. The third-order valence-corrected chi connectivity index (χ3v) is 3.18. The molecule has 78 valence electrons. The average molecular weight is 227 g/mol. The molecule has 3 aromatic rings. The molecule has 0 spiro atoms.